The molecule has 4 rings (SSSR count). The molecule has 0 spiro atoms. The van der Waals surface area contributed by atoms with Crippen LogP contribution in [0, 0.1) is 0 Å². The number of aryl methyl sites for hydroxylation is 1. The lowest BCUT2D eigenvalue weighted by Gasteiger charge is -2.16. The monoisotopic (exact) mass is 428 g/mol. The van der Waals surface area contributed by atoms with Crippen molar-refractivity contribution < 1.29 is 14.1 Å². The lowest BCUT2D eigenvalue weighted by Crippen LogP contribution is -2.32. The quantitative estimate of drug-likeness (QED) is 0.648. The Labute approximate surface area is 181 Å². The minimum atomic E-state index is -0.0496. The van der Waals surface area contributed by atoms with E-state index in [2.05, 4.69) is 22.3 Å². The van der Waals surface area contributed by atoms with Crippen LogP contribution in [0.15, 0.2) is 59.1 Å². The van der Waals surface area contributed by atoms with Crippen molar-refractivity contribution in [2.24, 2.45) is 5.73 Å². The van der Waals surface area contributed by atoms with Gasteiger partial charge in [0.2, 0.25) is 17.6 Å². The number of nitrogens with two attached hydrogens (primary N) is 1. The molecular weight excluding hydrogens is 404 g/mol. The second kappa shape index (κ2) is 9.73. The van der Waals surface area contributed by atoms with Crippen molar-refractivity contribution in [3.8, 4) is 17.1 Å². The summed E-state index contributed by atoms with van der Waals surface area (Å²) in [4.78, 5) is 18.9. The molecule has 0 radical (unpaired) electrons. The molecule has 2 atom stereocenters. The van der Waals surface area contributed by atoms with E-state index in [1.165, 1.54) is 5.56 Å². The number of carbonyl (C=O) groups excluding carboxylic acids is 1. The first-order valence-corrected chi connectivity index (χ1v) is 9.69. The minimum Gasteiger partial charge on any atom is -0.497 e. The van der Waals surface area contributed by atoms with Crippen molar-refractivity contribution in [3.63, 3.8) is 0 Å². The van der Waals surface area contributed by atoms with Gasteiger partial charge in [0.1, 0.15) is 5.75 Å². The van der Waals surface area contributed by atoms with Crippen LogP contribution in [0.2, 0.25) is 0 Å². The summed E-state index contributed by atoms with van der Waals surface area (Å²) in [6.45, 7) is 1.21. The predicted molar refractivity (Wildman–Crippen MR) is 116 cm³/mol. The standard InChI is InChI=1S/C22H24N4O3.ClH/c1-28-17-9-7-16(8-10-17)22-24-20(29-25-22)11-12-21(27)26-13-18(19(23)14-26)15-5-3-2-4-6-15;/h2-10,18-19H,11-14,23H2,1H3;1H/t18-,19+;/m0./s1. The van der Waals surface area contributed by atoms with Crippen molar-refractivity contribution in [2.45, 2.75) is 24.8 Å². The third-order valence-electron chi connectivity index (χ3n) is 5.31. The number of methoxy groups -OCH3 is 1. The summed E-state index contributed by atoms with van der Waals surface area (Å²) in [5.41, 5.74) is 8.30. The first-order chi connectivity index (χ1) is 14.1. The molecule has 2 heterocycles. The van der Waals surface area contributed by atoms with Crippen molar-refractivity contribution in [3.05, 3.63) is 66.1 Å². The molecule has 1 saturated heterocycles. The van der Waals surface area contributed by atoms with Gasteiger partial charge in [0.05, 0.1) is 7.11 Å². The van der Waals surface area contributed by atoms with Crippen molar-refractivity contribution in [2.75, 3.05) is 20.2 Å². The van der Waals surface area contributed by atoms with Gasteiger partial charge in [0.15, 0.2) is 0 Å². The highest BCUT2D eigenvalue weighted by atomic mass is 35.5. The summed E-state index contributed by atoms with van der Waals surface area (Å²) in [6.07, 6.45) is 0.724. The highest BCUT2D eigenvalue weighted by molar-refractivity contribution is 5.85. The third-order valence-corrected chi connectivity index (χ3v) is 5.31. The number of halogens is 1. The van der Waals surface area contributed by atoms with E-state index in [1.54, 1.807) is 7.11 Å². The van der Waals surface area contributed by atoms with Crippen molar-refractivity contribution in [1.82, 2.24) is 15.0 Å². The number of likely N-dealkylation sites (tertiary alicyclic amines) is 1. The van der Waals surface area contributed by atoms with E-state index in [0.717, 1.165) is 11.3 Å². The molecule has 1 fully saturated rings. The van der Waals surface area contributed by atoms with Gasteiger partial charge in [-0.15, -0.1) is 12.4 Å². The zero-order valence-electron chi connectivity index (χ0n) is 16.7. The molecule has 1 amide bonds. The molecule has 1 aliphatic rings. The Morgan fingerprint density at radius 1 is 1.17 bits per heavy atom. The number of nitrogens with zero attached hydrogens (tertiary/aromatic N) is 3. The van der Waals surface area contributed by atoms with Crippen LogP contribution in [0.25, 0.3) is 11.4 Å². The number of amides is 1. The fraction of sp³-hybridized carbons (Fsp3) is 0.318. The lowest BCUT2D eigenvalue weighted by molar-refractivity contribution is -0.130. The van der Waals surface area contributed by atoms with Gasteiger partial charge >= 0.3 is 0 Å². The van der Waals surface area contributed by atoms with Crippen LogP contribution >= 0.6 is 12.4 Å². The van der Waals surface area contributed by atoms with Gasteiger partial charge in [-0.2, -0.15) is 4.98 Å². The Kier molecular flexibility index (Phi) is 7.07. The molecule has 8 heteroatoms. The van der Waals surface area contributed by atoms with Crippen LogP contribution in [0.3, 0.4) is 0 Å². The van der Waals surface area contributed by atoms with E-state index in [1.807, 2.05) is 47.4 Å². The van der Waals surface area contributed by atoms with Gasteiger partial charge in [-0.25, -0.2) is 0 Å². The molecule has 7 nitrogen and oxygen atoms in total. The third kappa shape index (κ3) is 4.80. The molecule has 2 aromatic carbocycles. The number of rotatable bonds is 6. The maximum Gasteiger partial charge on any atom is 0.227 e. The minimum absolute atomic E-state index is 0. The van der Waals surface area contributed by atoms with Gasteiger partial charge in [-0.3, -0.25) is 4.79 Å². The number of benzene rings is 2. The zero-order chi connectivity index (χ0) is 20.2. The van der Waals surface area contributed by atoms with E-state index in [4.69, 9.17) is 15.0 Å². The number of carbonyl (C=O) groups is 1. The molecule has 2 N–H and O–H groups in total. The molecule has 0 bridgehead atoms. The summed E-state index contributed by atoms with van der Waals surface area (Å²) in [5, 5.41) is 4.01. The van der Waals surface area contributed by atoms with Gasteiger partial charge in [0.25, 0.3) is 0 Å². The van der Waals surface area contributed by atoms with Crippen LogP contribution in [0.4, 0.5) is 0 Å². The van der Waals surface area contributed by atoms with Crippen LogP contribution in [-0.2, 0) is 11.2 Å². The summed E-state index contributed by atoms with van der Waals surface area (Å²) >= 11 is 0. The number of hydrogen-bond donors (Lipinski definition) is 1. The fourth-order valence-electron chi connectivity index (χ4n) is 3.67. The molecule has 0 saturated carbocycles. The summed E-state index contributed by atoms with van der Waals surface area (Å²) in [6, 6.07) is 17.5. The van der Waals surface area contributed by atoms with Gasteiger partial charge in [-0.05, 0) is 29.8 Å². The SMILES string of the molecule is COc1ccc(-c2noc(CCC(=O)N3C[C@@H](N)[C@H](c4ccccc4)C3)n2)cc1.Cl. The molecular formula is C22H25ClN4O3. The van der Waals surface area contributed by atoms with E-state index in [0.29, 0.717) is 37.6 Å². The largest absolute Gasteiger partial charge is 0.497 e. The van der Waals surface area contributed by atoms with Crippen LogP contribution in [0.1, 0.15) is 23.8 Å². The summed E-state index contributed by atoms with van der Waals surface area (Å²) in [5.74, 6) is 1.95. The topological polar surface area (TPSA) is 94.5 Å². The summed E-state index contributed by atoms with van der Waals surface area (Å²) < 4.78 is 10.5. The smallest absolute Gasteiger partial charge is 0.227 e. The molecule has 1 aromatic heterocycles. The summed E-state index contributed by atoms with van der Waals surface area (Å²) in [7, 11) is 1.62. The molecule has 30 heavy (non-hydrogen) atoms. The van der Waals surface area contributed by atoms with E-state index >= 15 is 0 Å². The van der Waals surface area contributed by atoms with Gasteiger partial charge in [-0.1, -0.05) is 35.5 Å². The van der Waals surface area contributed by atoms with Crippen LogP contribution < -0.4 is 10.5 Å². The van der Waals surface area contributed by atoms with Crippen molar-refractivity contribution >= 4 is 18.3 Å². The average molecular weight is 429 g/mol. The molecule has 1 aliphatic heterocycles. The Morgan fingerprint density at radius 2 is 1.90 bits per heavy atom. The second-order valence-electron chi connectivity index (χ2n) is 7.22. The average Bonchev–Trinajstić information content (AvgIpc) is 3.39. The maximum absolute atomic E-state index is 12.7. The fourth-order valence-corrected chi connectivity index (χ4v) is 3.67. The normalized spacial score (nSPS) is 18.1. The van der Waals surface area contributed by atoms with Crippen LogP contribution in [-0.4, -0.2) is 47.2 Å². The van der Waals surface area contributed by atoms with Crippen LogP contribution in [0.5, 0.6) is 5.75 Å². The highest BCUT2D eigenvalue weighted by Crippen LogP contribution is 2.27. The first-order valence-electron chi connectivity index (χ1n) is 9.69. The molecule has 158 valence electrons. The highest BCUT2D eigenvalue weighted by Gasteiger charge is 2.33. The predicted octanol–water partition coefficient (Wildman–Crippen LogP) is 3.05. The Hall–Kier alpha value is -2.90. The van der Waals surface area contributed by atoms with Gasteiger partial charge < -0.3 is 19.9 Å². The lowest BCUT2D eigenvalue weighted by atomic mass is 9.95. The number of aromatic nitrogens is 2. The maximum atomic E-state index is 12.7. The first kappa shape index (κ1) is 21.8. The van der Waals surface area contributed by atoms with E-state index < -0.39 is 0 Å². The van der Waals surface area contributed by atoms with Crippen molar-refractivity contribution in [1.29, 1.82) is 0 Å². The Balaban J connectivity index is 0.00000256. The molecule has 0 aliphatic carbocycles. The Bertz CT molecular complexity index is 962. The Morgan fingerprint density at radius 3 is 2.60 bits per heavy atom. The van der Waals surface area contributed by atoms with Gasteiger partial charge in [0, 0.05) is 43.5 Å². The zero-order valence-corrected chi connectivity index (χ0v) is 17.5. The second-order valence-corrected chi connectivity index (χ2v) is 7.22. The number of hydrogen-bond acceptors (Lipinski definition) is 6. The van der Waals surface area contributed by atoms with E-state index in [9.17, 15) is 4.79 Å². The molecule has 0 unspecified atom stereocenters. The van der Waals surface area contributed by atoms with E-state index in [-0.39, 0.29) is 30.3 Å². The number of ether oxygens (including phenoxy) is 1. The molecule has 3 aromatic rings.